The second-order valence-corrected chi connectivity index (χ2v) is 16.7. The van der Waals surface area contributed by atoms with Crippen molar-refractivity contribution >= 4 is 5.78 Å². The third-order valence-corrected chi connectivity index (χ3v) is 9.46. The molecule has 6 aliphatic heterocycles. The number of carbonyl (C=O) groups excluding carboxylic acids is 1. The van der Waals surface area contributed by atoms with E-state index in [0.29, 0.717) is 44.2 Å². The second kappa shape index (κ2) is 23.6. The molecule has 0 saturated carbocycles. The molecule has 2 unspecified atom stereocenters. The maximum absolute atomic E-state index is 10.3. The van der Waals surface area contributed by atoms with E-state index in [1.165, 1.54) is 0 Å². The lowest BCUT2D eigenvalue weighted by Gasteiger charge is -2.41. The molecule has 0 aromatic carbocycles. The molecular formula is C38H72O17. The van der Waals surface area contributed by atoms with Crippen molar-refractivity contribution in [3.05, 3.63) is 0 Å². The first-order chi connectivity index (χ1) is 25.6. The van der Waals surface area contributed by atoms with Crippen LogP contribution in [0.5, 0.6) is 0 Å². The standard InChI is InChI=1S/2C11H20O4.C6H12O.2C5H10O4/c2*1-7(2)4-11(3)14-6-9-10(15-11)8(12)5-13-9;1-5(2)4-6(3)7;2*6-1-4-5(8)3(7)2-9-4/h2*7-10,12H,4-6H2,1-3H3;5H,4H2,1-3H3;2*3-8H,1-2H2/t2*8-,9+,10+,11?;;2*3-,4+,5+/m10.10/s1. The van der Waals surface area contributed by atoms with Crippen molar-refractivity contribution in [2.75, 3.05) is 52.9 Å². The molecule has 0 aromatic heterocycles. The molecule has 0 aliphatic carbocycles. The average molecular weight is 801 g/mol. The highest BCUT2D eigenvalue weighted by Gasteiger charge is 2.48. The summed E-state index contributed by atoms with van der Waals surface area (Å²) in [6.07, 6.45) is -3.96. The Bertz CT molecular complexity index is 1010. The first kappa shape index (κ1) is 50.2. The number of ether oxygens (including phenoxy) is 8. The van der Waals surface area contributed by atoms with Crippen LogP contribution < -0.4 is 0 Å². The third-order valence-electron chi connectivity index (χ3n) is 9.46. The Balaban J connectivity index is 0.000000246. The largest absolute Gasteiger partial charge is 0.394 e. The number of Topliss-reactive ketones (excluding diaryl/α,β-unsaturated/α-hetero) is 1. The maximum atomic E-state index is 10.3. The number of rotatable bonds is 8. The van der Waals surface area contributed by atoms with Gasteiger partial charge >= 0.3 is 0 Å². The van der Waals surface area contributed by atoms with Crippen LogP contribution in [0.25, 0.3) is 0 Å². The zero-order valence-corrected chi connectivity index (χ0v) is 34.2. The molecule has 0 spiro atoms. The summed E-state index contributed by atoms with van der Waals surface area (Å²) in [5.41, 5.74) is 0. The molecule has 0 radical (unpaired) electrons. The number of fused-ring (bicyclic) bond motifs is 2. The molecule has 6 heterocycles. The molecule has 0 aromatic rings. The van der Waals surface area contributed by atoms with Crippen molar-refractivity contribution in [3.63, 3.8) is 0 Å². The Morgan fingerprint density at radius 1 is 0.564 bits per heavy atom. The van der Waals surface area contributed by atoms with Crippen LogP contribution in [0.15, 0.2) is 0 Å². The number of ketones is 1. The Morgan fingerprint density at radius 3 is 1.13 bits per heavy atom. The Kier molecular flexibility index (Phi) is 21.5. The fourth-order valence-electron chi connectivity index (χ4n) is 7.00. The van der Waals surface area contributed by atoms with Gasteiger partial charge < -0.3 is 83.5 Å². The van der Waals surface area contributed by atoms with Crippen LogP contribution in [0.4, 0.5) is 0 Å². The van der Waals surface area contributed by atoms with Crippen LogP contribution in [0.1, 0.15) is 81.6 Å². The predicted octanol–water partition coefficient (Wildman–Crippen LogP) is -0.332. The van der Waals surface area contributed by atoms with Crippen LogP contribution in [0.2, 0.25) is 0 Å². The minimum atomic E-state index is -0.921. The smallest absolute Gasteiger partial charge is 0.166 e. The zero-order valence-electron chi connectivity index (χ0n) is 34.2. The van der Waals surface area contributed by atoms with Crippen molar-refractivity contribution in [3.8, 4) is 0 Å². The molecule has 6 rings (SSSR count). The molecule has 17 heteroatoms. The highest BCUT2D eigenvalue weighted by Crippen LogP contribution is 2.35. The highest BCUT2D eigenvalue weighted by atomic mass is 16.7. The topological polar surface area (TPSA) is 253 Å². The van der Waals surface area contributed by atoms with Crippen LogP contribution >= 0.6 is 0 Å². The summed E-state index contributed by atoms with van der Waals surface area (Å²) >= 11 is 0. The van der Waals surface area contributed by atoms with Crippen molar-refractivity contribution in [2.45, 2.75) is 166 Å². The summed E-state index contributed by atoms with van der Waals surface area (Å²) in [6.45, 7) is 19.6. The van der Waals surface area contributed by atoms with E-state index >= 15 is 0 Å². The molecule has 6 aliphatic rings. The van der Waals surface area contributed by atoms with Gasteiger partial charge in [0.1, 0.15) is 79.0 Å². The summed E-state index contributed by atoms with van der Waals surface area (Å²) in [6, 6.07) is 0. The lowest BCUT2D eigenvalue weighted by molar-refractivity contribution is -0.314. The van der Waals surface area contributed by atoms with Crippen LogP contribution in [-0.4, -0.2) is 184 Å². The molecule has 326 valence electrons. The number of aliphatic hydroxyl groups is 8. The van der Waals surface area contributed by atoms with E-state index in [-0.39, 0.29) is 56.6 Å². The summed E-state index contributed by atoms with van der Waals surface area (Å²) < 4.78 is 43.3. The quantitative estimate of drug-likeness (QED) is 0.156. The van der Waals surface area contributed by atoms with Crippen molar-refractivity contribution in [1.29, 1.82) is 0 Å². The summed E-state index contributed by atoms with van der Waals surface area (Å²) in [4.78, 5) is 10.3. The average Bonchev–Trinajstić information content (AvgIpc) is 3.83. The van der Waals surface area contributed by atoms with Gasteiger partial charge in [0.15, 0.2) is 11.6 Å². The first-order valence-corrected chi connectivity index (χ1v) is 19.5. The van der Waals surface area contributed by atoms with Gasteiger partial charge in [-0.15, -0.1) is 0 Å². The highest BCUT2D eigenvalue weighted by molar-refractivity contribution is 5.75. The predicted molar refractivity (Wildman–Crippen MR) is 197 cm³/mol. The second-order valence-electron chi connectivity index (χ2n) is 16.7. The van der Waals surface area contributed by atoms with Gasteiger partial charge in [-0.1, -0.05) is 41.5 Å². The first-order valence-electron chi connectivity index (χ1n) is 19.5. The van der Waals surface area contributed by atoms with Gasteiger partial charge in [0.2, 0.25) is 0 Å². The summed E-state index contributed by atoms with van der Waals surface area (Å²) in [5.74, 6) is 0.693. The number of carbonyl (C=O) groups is 1. The normalized spacial score (nSPS) is 40.5. The number of aliphatic hydroxyl groups excluding tert-OH is 8. The molecule has 55 heavy (non-hydrogen) atoms. The summed E-state index contributed by atoms with van der Waals surface area (Å²) in [7, 11) is 0. The van der Waals surface area contributed by atoms with E-state index in [9.17, 15) is 15.0 Å². The molecular weight excluding hydrogens is 728 g/mol. The summed E-state index contributed by atoms with van der Waals surface area (Å²) in [5, 5.41) is 71.8. The monoisotopic (exact) mass is 800 g/mol. The Labute approximate surface area is 326 Å². The SMILES string of the molecule is CC(=O)CC(C)C.CC(C)CC1(C)OC[C@@H]2OC[C@@H](O)[C@@H]2O1.CC(C)CC1(C)OC[C@H]2OC[C@H](O)[C@H]2O1.OC[C@@H]1OC[C@@H](O)[C@@H]1O.OC[C@H]1OC[C@H](O)[C@H]1O. The van der Waals surface area contributed by atoms with Gasteiger partial charge in [-0.25, -0.2) is 0 Å². The fraction of sp³-hybridized carbons (Fsp3) is 0.974. The third kappa shape index (κ3) is 16.7. The molecule has 17 nitrogen and oxygen atoms in total. The molecule has 6 saturated heterocycles. The molecule has 0 bridgehead atoms. The fourth-order valence-corrected chi connectivity index (χ4v) is 7.00. The van der Waals surface area contributed by atoms with Crippen LogP contribution in [0.3, 0.4) is 0 Å². The van der Waals surface area contributed by atoms with Gasteiger partial charge in [-0.3, -0.25) is 0 Å². The van der Waals surface area contributed by atoms with Crippen LogP contribution in [-0.2, 0) is 42.7 Å². The van der Waals surface area contributed by atoms with E-state index in [2.05, 4.69) is 27.7 Å². The van der Waals surface area contributed by atoms with E-state index in [1.54, 1.807) is 6.92 Å². The molecule has 6 fully saturated rings. The maximum Gasteiger partial charge on any atom is 0.166 e. The molecule has 14 atom stereocenters. The van der Waals surface area contributed by atoms with E-state index in [0.717, 1.165) is 19.3 Å². The van der Waals surface area contributed by atoms with Gasteiger partial charge in [0.05, 0.1) is 52.9 Å². The lowest BCUT2D eigenvalue weighted by atomic mass is 10.0. The van der Waals surface area contributed by atoms with Gasteiger partial charge in [-0.2, -0.15) is 0 Å². The Hall–Kier alpha value is -0.970. The number of hydrogen-bond donors (Lipinski definition) is 8. The van der Waals surface area contributed by atoms with Gasteiger partial charge in [-0.05, 0) is 38.5 Å². The number of hydrogen-bond acceptors (Lipinski definition) is 17. The van der Waals surface area contributed by atoms with Crippen LogP contribution in [0, 0.1) is 17.8 Å². The van der Waals surface area contributed by atoms with E-state index < -0.39 is 60.4 Å². The minimum absolute atomic E-state index is 0.0970. The van der Waals surface area contributed by atoms with E-state index in [1.807, 2.05) is 27.7 Å². The Morgan fingerprint density at radius 2 is 0.909 bits per heavy atom. The van der Waals surface area contributed by atoms with Crippen molar-refractivity contribution < 1.29 is 83.5 Å². The van der Waals surface area contributed by atoms with Crippen molar-refractivity contribution in [2.24, 2.45) is 17.8 Å². The lowest BCUT2D eigenvalue weighted by Crippen LogP contribution is -2.51. The van der Waals surface area contributed by atoms with Gasteiger partial charge in [0.25, 0.3) is 0 Å². The minimum Gasteiger partial charge on any atom is -0.394 e. The molecule has 8 N–H and O–H groups in total. The molecule has 0 amide bonds. The van der Waals surface area contributed by atoms with E-state index in [4.69, 9.17) is 68.5 Å². The van der Waals surface area contributed by atoms with Gasteiger partial charge in [0, 0.05) is 19.3 Å². The van der Waals surface area contributed by atoms with Crippen molar-refractivity contribution in [1.82, 2.24) is 0 Å². The zero-order chi connectivity index (χ0) is 41.7.